The highest BCUT2D eigenvalue weighted by Crippen LogP contribution is 2.32. The van der Waals surface area contributed by atoms with Crippen LogP contribution < -0.4 is 4.74 Å². The number of benzene rings is 1. The number of aliphatic hydroxyl groups is 1. The molecular formula is C12H14BrClO2. The highest BCUT2D eigenvalue weighted by atomic mass is 79.9. The van der Waals surface area contributed by atoms with Gasteiger partial charge in [0, 0.05) is 4.47 Å². The van der Waals surface area contributed by atoms with E-state index in [1.807, 2.05) is 12.1 Å². The summed E-state index contributed by atoms with van der Waals surface area (Å²) in [5, 5.41) is 10.7. The first-order chi connectivity index (χ1) is 7.59. The molecule has 0 atom stereocenters. The Morgan fingerprint density at radius 3 is 2.75 bits per heavy atom. The Bertz CT molecular complexity index is 375. The van der Waals surface area contributed by atoms with Crippen molar-refractivity contribution in [1.29, 1.82) is 0 Å². The molecular weight excluding hydrogens is 291 g/mol. The summed E-state index contributed by atoms with van der Waals surface area (Å²) in [5.74, 6) is 0.622. The predicted molar refractivity (Wildman–Crippen MR) is 68.1 cm³/mol. The Labute approximate surface area is 109 Å². The summed E-state index contributed by atoms with van der Waals surface area (Å²) < 4.78 is 6.51. The van der Waals surface area contributed by atoms with E-state index >= 15 is 0 Å². The first kappa shape index (κ1) is 12.2. The van der Waals surface area contributed by atoms with Crippen molar-refractivity contribution in [2.75, 3.05) is 6.61 Å². The molecule has 1 saturated carbocycles. The van der Waals surface area contributed by atoms with Crippen LogP contribution in [0.1, 0.15) is 25.7 Å². The van der Waals surface area contributed by atoms with Gasteiger partial charge in [-0.05, 0) is 31.0 Å². The van der Waals surface area contributed by atoms with E-state index in [0.29, 0.717) is 17.4 Å². The molecule has 16 heavy (non-hydrogen) atoms. The highest BCUT2D eigenvalue weighted by Gasteiger charge is 2.32. The SMILES string of the molecule is OC1(COc2cc(Br)ccc2Cl)CCCC1. The van der Waals surface area contributed by atoms with Crippen molar-refractivity contribution in [1.82, 2.24) is 0 Å². The summed E-state index contributed by atoms with van der Waals surface area (Å²) >= 11 is 9.36. The second kappa shape index (κ2) is 4.94. The van der Waals surface area contributed by atoms with E-state index in [0.717, 1.165) is 30.2 Å². The van der Waals surface area contributed by atoms with Gasteiger partial charge in [0.25, 0.3) is 0 Å². The molecule has 0 aliphatic heterocycles. The third-order valence-electron chi connectivity index (χ3n) is 2.92. The van der Waals surface area contributed by atoms with Gasteiger partial charge in [-0.2, -0.15) is 0 Å². The van der Waals surface area contributed by atoms with E-state index < -0.39 is 5.60 Å². The van der Waals surface area contributed by atoms with Gasteiger partial charge in [0.1, 0.15) is 12.4 Å². The maximum Gasteiger partial charge on any atom is 0.139 e. The van der Waals surface area contributed by atoms with E-state index in [2.05, 4.69) is 15.9 Å². The minimum Gasteiger partial charge on any atom is -0.489 e. The molecule has 1 N–H and O–H groups in total. The Morgan fingerprint density at radius 1 is 1.38 bits per heavy atom. The van der Waals surface area contributed by atoms with Gasteiger partial charge in [-0.1, -0.05) is 40.4 Å². The summed E-state index contributed by atoms with van der Waals surface area (Å²) in [5.41, 5.74) is -0.661. The Kier molecular flexibility index (Phi) is 3.77. The minimum absolute atomic E-state index is 0.323. The Balaban J connectivity index is 2.01. The number of hydrogen-bond acceptors (Lipinski definition) is 2. The lowest BCUT2D eigenvalue weighted by atomic mass is 10.0. The standard InChI is InChI=1S/C12H14BrClO2/c13-9-3-4-10(14)11(7-9)16-8-12(15)5-1-2-6-12/h3-4,7,15H,1-2,5-6,8H2. The molecule has 1 aromatic carbocycles. The van der Waals surface area contributed by atoms with Gasteiger partial charge < -0.3 is 9.84 Å². The third kappa shape index (κ3) is 2.90. The summed E-state index contributed by atoms with van der Waals surface area (Å²) in [4.78, 5) is 0. The molecule has 1 fully saturated rings. The molecule has 1 aliphatic carbocycles. The molecule has 0 amide bonds. The van der Waals surface area contributed by atoms with Gasteiger partial charge in [0.15, 0.2) is 0 Å². The van der Waals surface area contributed by atoms with Crippen molar-refractivity contribution >= 4 is 27.5 Å². The van der Waals surface area contributed by atoms with Crippen molar-refractivity contribution in [3.63, 3.8) is 0 Å². The number of halogens is 2. The second-order valence-electron chi connectivity index (χ2n) is 4.29. The number of hydrogen-bond donors (Lipinski definition) is 1. The summed E-state index contributed by atoms with van der Waals surface area (Å²) in [6, 6.07) is 5.46. The van der Waals surface area contributed by atoms with Crippen molar-refractivity contribution in [2.24, 2.45) is 0 Å². The van der Waals surface area contributed by atoms with Crippen molar-refractivity contribution < 1.29 is 9.84 Å². The Morgan fingerprint density at radius 2 is 2.06 bits per heavy atom. The molecule has 1 aliphatic rings. The van der Waals surface area contributed by atoms with E-state index in [1.54, 1.807) is 6.07 Å². The van der Waals surface area contributed by atoms with E-state index in [4.69, 9.17) is 16.3 Å². The molecule has 4 heteroatoms. The molecule has 0 aromatic heterocycles. The van der Waals surface area contributed by atoms with E-state index in [1.165, 1.54) is 0 Å². The lowest BCUT2D eigenvalue weighted by molar-refractivity contribution is 0.00143. The van der Waals surface area contributed by atoms with Crippen LogP contribution in [0.2, 0.25) is 5.02 Å². The summed E-state index contributed by atoms with van der Waals surface area (Å²) in [7, 11) is 0. The molecule has 0 saturated heterocycles. The zero-order chi connectivity index (χ0) is 11.6. The molecule has 1 aromatic rings. The van der Waals surface area contributed by atoms with Crippen molar-refractivity contribution in [3.8, 4) is 5.75 Å². The van der Waals surface area contributed by atoms with Gasteiger partial charge in [-0.15, -0.1) is 0 Å². The van der Waals surface area contributed by atoms with Crippen LogP contribution in [-0.2, 0) is 0 Å². The van der Waals surface area contributed by atoms with Crippen LogP contribution in [0.15, 0.2) is 22.7 Å². The fraction of sp³-hybridized carbons (Fsp3) is 0.500. The topological polar surface area (TPSA) is 29.5 Å². The third-order valence-corrected chi connectivity index (χ3v) is 3.73. The first-order valence-electron chi connectivity index (χ1n) is 5.39. The number of rotatable bonds is 3. The summed E-state index contributed by atoms with van der Waals surface area (Å²) in [6.45, 7) is 0.323. The molecule has 2 nitrogen and oxygen atoms in total. The van der Waals surface area contributed by atoms with Crippen LogP contribution in [0.5, 0.6) is 5.75 Å². The van der Waals surface area contributed by atoms with Crippen molar-refractivity contribution in [2.45, 2.75) is 31.3 Å². The molecule has 88 valence electrons. The lowest BCUT2D eigenvalue weighted by Gasteiger charge is -2.22. The molecule has 0 spiro atoms. The van der Waals surface area contributed by atoms with Crippen LogP contribution in [0.25, 0.3) is 0 Å². The zero-order valence-electron chi connectivity index (χ0n) is 8.88. The van der Waals surface area contributed by atoms with Gasteiger partial charge in [-0.25, -0.2) is 0 Å². The maximum atomic E-state index is 10.1. The average Bonchev–Trinajstić information content (AvgIpc) is 2.67. The lowest BCUT2D eigenvalue weighted by Crippen LogP contribution is -2.32. The van der Waals surface area contributed by atoms with E-state index in [-0.39, 0.29) is 0 Å². The summed E-state index contributed by atoms with van der Waals surface area (Å²) in [6.07, 6.45) is 3.79. The highest BCUT2D eigenvalue weighted by molar-refractivity contribution is 9.10. The Hall–Kier alpha value is -0.250. The molecule has 0 radical (unpaired) electrons. The molecule has 0 unspecified atom stereocenters. The smallest absolute Gasteiger partial charge is 0.139 e. The molecule has 0 bridgehead atoms. The zero-order valence-corrected chi connectivity index (χ0v) is 11.2. The van der Waals surface area contributed by atoms with Crippen LogP contribution in [0, 0.1) is 0 Å². The number of ether oxygens (including phenoxy) is 1. The molecule has 0 heterocycles. The quantitative estimate of drug-likeness (QED) is 0.920. The van der Waals surface area contributed by atoms with Crippen LogP contribution in [0.3, 0.4) is 0 Å². The largest absolute Gasteiger partial charge is 0.489 e. The van der Waals surface area contributed by atoms with Crippen LogP contribution >= 0.6 is 27.5 Å². The van der Waals surface area contributed by atoms with Gasteiger partial charge in [0.05, 0.1) is 10.6 Å². The predicted octanol–water partition coefficient (Wildman–Crippen LogP) is 3.79. The normalized spacial score (nSPS) is 18.7. The molecule has 2 rings (SSSR count). The van der Waals surface area contributed by atoms with E-state index in [9.17, 15) is 5.11 Å². The van der Waals surface area contributed by atoms with Crippen LogP contribution in [0.4, 0.5) is 0 Å². The van der Waals surface area contributed by atoms with Crippen molar-refractivity contribution in [3.05, 3.63) is 27.7 Å². The van der Waals surface area contributed by atoms with Gasteiger partial charge in [0.2, 0.25) is 0 Å². The average molecular weight is 306 g/mol. The van der Waals surface area contributed by atoms with Crippen LogP contribution in [-0.4, -0.2) is 17.3 Å². The fourth-order valence-electron chi connectivity index (χ4n) is 1.98. The monoisotopic (exact) mass is 304 g/mol. The maximum absolute atomic E-state index is 10.1. The second-order valence-corrected chi connectivity index (χ2v) is 5.62. The first-order valence-corrected chi connectivity index (χ1v) is 6.56. The van der Waals surface area contributed by atoms with Gasteiger partial charge >= 0.3 is 0 Å². The van der Waals surface area contributed by atoms with Gasteiger partial charge in [-0.3, -0.25) is 0 Å². The minimum atomic E-state index is -0.661. The fourth-order valence-corrected chi connectivity index (χ4v) is 2.49.